The number of amides is 2. The van der Waals surface area contributed by atoms with Crippen molar-refractivity contribution in [3.63, 3.8) is 0 Å². The van der Waals surface area contributed by atoms with Crippen LogP contribution in [0.1, 0.15) is 34.1 Å². The van der Waals surface area contributed by atoms with E-state index in [4.69, 9.17) is 4.42 Å². The molecule has 3 rings (SSSR count). The number of rotatable bonds is 7. The van der Waals surface area contributed by atoms with Crippen LogP contribution in [0.5, 0.6) is 0 Å². The number of benzene rings is 2. The second-order valence-corrected chi connectivity index (χ2v) is 5.91. The highest BCUT2D eigenvalue weighted by atomic mass is 19.1. The molecule has 27 heavy (non-hydrogen) atoms. The quantitative estimate of drug-likeness (QED) is 0.673. The number of furan rings is 1. The van der Waals surface area contributed by atoms with Gasteiger partial charge in [0.05, 0.1) is 11.8 Å². The molecule has 0 aliphatic heterocycles. The highest BCUT2D eigenvalue weighted by Gasteiger charge is 2.19. The Bertz CT molecular complexity index is 895. The van der Waals surface area contributed by atoms with Gasteiger partial charge in [-0.3, -0.25) is 9.59 Å². The molecule has 0 saturated heterocycles. The molecule has 0 bridgehead atoms. The molecule has 2 amide bonds. The molecule has 0 radical (unpaired) electrons. The molecule has 1 atom stereocenters. The minimum Gasteiger partial charge on any atom is -0.467 e. The minimum absolute atomic E-state index is 0.0457. The summed E-state index contributed by atoms with van der Waals surface area (Å²) in [4.78, 5) is 24.3. The second-order valence-electron chi connectivity index (χ2n) is 5.91. The third-order valence-electron chi connectivity index (χ3n) is 4.02. The van der Waals surface area contributed by atoms with Gasteiger partial charge < -0.3 is 15.1 Å². The maximum Gasteiger partial charge on any atom is 0.254 e. The molecule has 0 aliphatic rings. The number of hydrogen-bond acceptors (Lipinski definition) is 3. The largest absolute Gasteiger partial charge is 0.467 e. The van der Waals surface area contributed by atoms with Gasteiger partial charge in [-0.25, -0.2) is 4.39 Å². The third kappa shape index (κ3) is 4.82. The van der Waals surface area contributed by atoms with Crippen LogP contribution < -0.4 is 10.6 Å². The predicted octanol–water partition coefficient (Wildman–Crippen LogP) is 3.44. The minimum atomic E-state index is -0.596. The van der Waals surface area contributed by atoms with E-state index in [9.17, 15) is 14.0 Å². The Morgan fingerprint density at radius 2 is 1.70 bits per heavy atom. The van der Waals surface area contributed by atoms with Crippen molar-refractivity contribution in [1.29, 1.82) is 0 Å². The van der Waals surface area contributed by atoms with E-state index < -0.39 is 17.8 Å². The zero-order valence-electron chi connectivity index (χ0n) is 14.5. The van der Waals surface area contributed by atoms with Crippen LogP contribution in [0.4, 0.5) is 4.39 Å². The summed E-state index contributed by atoms with van der Waals surface area (Å²) in [5.74, 6) is -0.785. The van der Waals surface area contributed by atoms with Gasteiger partial charge in [0.15, 0.2) is 0 Å². The Morgan fingerprint density at radius 3 is 2.41 bits per heavy atom. The summed E-state index contributed by atoms with van der Waals surface area (Å²) in [6.07, 6.45) is 1.61. The van der Waals surface area contributed by atoms with Crippen molar-refractivity contribution in [1.82, 2.24) is 10.6 Å². The standard InChI is InChI=1S/C21H19FN2O3/c22-17-10-5-4-9-16(17)21(26)23-13-12-19(25)24-20(18-11-6-14-27-18)15-7-2-1-3-8-15/h1-11,14,20H,12-13H2,(H,23,26)(H,24,25)/t20-/m0/s1. The lowest BCUT2D eigenvalue weighted by Crippen LogP contribution is -2.33. The van der Waals surface area contributed by atoms with Gasteiger partial charge >= 0.3 is 0 Å². The van der Waals surface area contributed by atoms with Crippen LogP contribution in [0, 0.1) is 5.82 Å². The maximum absolute atomic E-state index is 13.6. The fourth-order valence-electron chi connectivity index (χ4n) is 2.68. The van der Waals surface area contributed by atoms with Crippen LogP contribution in [-0.2, 0) is 4.79 Å². The zero-order valence-corrected chi connectivity index (χ0v) is 14.5. The normalized spacial score (nSPS) is 11.6. The Hall–Kier alpha value is -3.41. The van der Waals surface area contributed by atoms with Crippen molar-refractivity contribution in [2.24, 2.45) is 0 Å². The Morgan fingerprint density at radius 1 is 0.963 bits per heavy atom. The summed E-state index contributed by atoms with van der Waals surface area (Å²) in [6, 6.07) is 18.3. The van der Waals surface area contributed by atoms with Crippen LogP contribution in [0.3, 0.4) is 0 Å². The van der Waals surface area contributed by atoms with Crippen molar-refractivity contribution in [2.75, 3.05) is 6.54 Å². The van der Waals surface area contributed by atoms with E-state index in [1.807, 2.05) is 30.3 Å². The van der Waals surface area contributed by atoms with Crippen LogP contribution in [0.25, 0.3) is 0 Å². The molecule has 0 spiro atoms. The van der Waals surface area contributed by atoms with Crippen LogP contribution in [0.2, 0.25) is 0 Å². The van der Waals surface area contributed by atoms with E-state index in [2.05, 4.69) is 10.6 Å². The lowest BCUT2D eigenvalue weighted by Gasteiger charge is -2.17. The average molecular weight is 366 g/mol. The van der Waals surface area contributed by atoms with E-state index in [1.54, 1.807) is 24.5 Å². The van der Waals surface area contributed by atoms with E-state index in [-0.39, 0.29) is 24.4 Å². The van der Waals surface area contributed by atoms with Gasteiger partial charge in [0.1, 0.15) is 17.6 Å². The Labute approximate surface area is 156 Å². The molecule has 6 heteroatoms. The van der Waals surface area contributed by atoms with Gasteiger partial charge in [-0.15, -0.1) is 0 Å². The predicted molar refractivity (Wildman–Crippen MR) is 98.5 cm³/mol. The molecule has 1 aromatic heterocycles. The van der Waals surface area contributed by atoms with Crippen LogP contribution >= 0.6 is 0 Å². The molecule has 0 fully saturated rings. The van der Waals surface area contributed by atoms with Crippen LogP contribution in [-0.4, -0.2) is 18.4 Å². The molecule has 138 valence electrons. The fraction of sp³-hybridized carbons (Fsp3) is 0.143. The number of carbonyl (C=O) groups is 2. The fourth-order valence-corrected chi connectivity index (χ4v) is 2.68. The second kappa shape index (κ2) is 8.80. The van der Waals surface area contributed by atoms with Crippen molar-refractivity contribution >= 4 is 11.8 Å². The van der Waals surface area contributed by atoms with E-state index in [0.717, 1.165) is 5.56 Å². The summed E-state index contributed by atoms with van der Waals surface area (Å²) in [5.41, 5.74) is 0.840. The molecular formula is C21H19FN2O3. The van der Waals surface area contributed by atoms with E-state index >= 15 is 0 Å². The molecule has 0 aliphatic carbocycles. The lowest BCUT2D eigenvalue weighted by atomic mass is 10.0. The van der Waals surface area contributed by atoms with Gasteiger partial charge in [0, 0.05) is 13.0 Å². The summed E-state index contributed by atoms with van der Waals surface area (Å²) < 4.78 is 19.0. The van der Waals surface area contributed by atoms with Gasteiger partial charge in [-0.1, -0.05) is 42.5 Å². The highest BCUT2D eigenvalue weighted by molar-refractivity contribution is 5.94. The molecule has 0 saturated carbocycles. The first-order valence-corrected chi connectivity index (χ1v) is 8.55. The first kappa shape index (κ1) is 18.4. The average Bonchev–Trinajstić information content (AvgIpc) is 3.21. The first-order valence-electron chi connectivity index (χ1n) is 8.55. The van der Waals surface area contributed by atoms with Crippen LogP contribution in [0.15, 0.2) is 77.4 Å². The number of carbonyl (C=O) groups excluding carboxylic acids is 2. The van der Waals surface area contributed by atoms with E-state index in [1.165, 1.54) is 18.2 Å². The molecule has 3 aromatic rings. The molecule has 2 N–H and O–H groups in total. The molecule has 1 heterocycles. The number of hydrogen-bond donors (Lipinski definition) is 2. The third-order valence-corrected chi connectivity index (χ3v) is 4.02. The van der Waals surface area contributed by atoms with Gasteiger partial charge in [0.25, 0.3) is 5.91 Å². The summed E-state index contributed by atoms with van der Waals surface area (Å²) in [7, 11) is 0. The van der Waals surface area contributed by atoms with Crippen molar-refractivity contribution in [2.45, 2.75) is 12.5 Å². The lowest BCUT2D eigenvalue weighted by molar-refractivity contribution is -0.121. The Balaban J connectivity index is 1.57. The molecule has 0 unspecified atom stereocenters. The SMILES string of the molecule is O=C(CCNC(=O)c1ccccc1F)N[C@@H](c1ccccc1)c1ccco1. The summed E-state index contributed by atoms with van der Waals surface area (Å²) >= 11 is 0. The number of nitrogens with one attached hydrogen (secondary N) is 2. The van der Waals surface area contributed by atoms with Crippen molar-refractivity contribution < 1.29 is 18.4 Å². The molecular weight excluding hydrogens is 347 g/mol. The van der Waals surface area contributed by atoms with Gasteiger partial charge in [-0.2, -0.15) is 0 Å². The van der Waals surface area contributed by atoms with Gasteiger partial charge in [-0.05, 0) is 29.8 Å². The first-order chi connectivity index (χ1) is 13.1. The van der Waals surface area contributed by atoms with E-state index in [0.29, 0.717) is 5.76 Å². The van der Waals surface area contributed by atoms with Gasteiger partial charge in [0.2, 0.25) is 5.91 Å². The van der Waals surface area contributed by atoms with Crippen molar-refractivity contribution in [3.8, 4) is 0 Å². The molecule has 2 aromatic carbocycles. The summed E-state index contributed by atoms with van der Waals surface area (Å²) in [5, 5.41) is 5.46. The van der Waals surface area contributed by atoms with Crippen molar-refractivity contribution in [3.05, 3.63) is 95.7 Å². The Kier molecular flexibility index (Phi) is 5.99. The summed E-state index contributed by atoms with van der Waals surface area (Å²) in [6.45, 7) is 0.0959. The number of halogens is 1. The topological polar surface area (TPSA) is 71.3 Å². The highest BCUT2D eigenvalue weighted by Crippen LogP contribution is 2.22. The molecule has 5 nitrogen and oxygen atoms in total. The smallest absolute Gasteiger partial charge is 0.254 e. The monoisotopic (exact) mass is 366 g/mol. The maximum atomic E-state index is 13.6. The zero-order chi connectivity index (χ0) is 19.1.